The molecule has 0 bridgehead atoms. The highest BCUT2D eigenvalue weighted by molar-refractivity contribution is 7.71. The van der Waals surface area contributed by atoms with Crippen molar-refractivity contribution in [2.75, 3.05) is 6.54 Å². The molecule has 1 aromatic heterocycles. The van der Waals surface area contributed by atoms with Gasteiger partial charge in [-0.3, -0.25) is 14.2 Å². The molecule has 0 saturated heterocycles. The van der Waals surface area contributed by atoms with E-state index in [0.29, 0.717) is 34.3 Å². The maximum absolute atomic E-state index is 13.0. The highest BCUT2D eigenvalue weighted by atomic mass is 32.1. The Balaban J connectivity index is 1.47. The number of nitrogens with one attached hydrogen (secondary N) is 2. The summed E-state index contributed by atoms with van der Waals surface area (Å²) in [6.07, 6.45) is 8.72. The van der Waals surface area contributed by atoms with Crippen molar-refractivity contribution in [2.45, 2.75) is 45.1 Å². The van der Waals surface area contributed by atoms with Crippen LogP contribution in [0.2, 0.25) is 0 Å². The predicted molar refractivity (Wildman–Crippen MR) is 127 cm³/mol. The second-order valence-corrected chi connectivity index (χ2v) is 8.38. The van der Waals surface area contributed by atoms with Crippen molar-refractivity contribution in [3.63, 3.8) is 0 Å². The predicted octanol–water partition coefficient (Wildman–Crippen LogP) is 4.92. The summed E-state index contributed by atoms with van der Waals surface area (Å²) in [7, 11) is 0. The van der Waals surface area contributed by atoms with E-state index < -0.39 is 0 Å². The van der Waals surface area contributed by atoms with Crippen molar-refractivity contribution < 1.29 is 4.79 Å². The van der Waals surface area contributed by atoms with Crippen molar-refractivity contribution in [2.24, 2.45) is 0 Å². The quantitative estimate of drug-likeness (QED) is 0.410. The third-order valence-corrected chi connectivity index (χ3v) is 6.15. The first kappa shape index (κ1) is 21.2. The van der Waals surface area contributed by atoms with Crippen LogP contribution in [-0.2, 0) is 13.0 Å². The summed E-state index contributed by atoms with van der Waals surface area (Å²) in [5, 5.41) is 3.52. The molecule has 0 radical (unpaired) electrons. The molecule has 4 rings (SSSR count). The molecule has 0 atom stereocenters. The van der Waals surface area contributed by atoms with Gasteiger partial charge in [0.15, 0.2) is 4.77 Å². The summed E-state index contributed by atoms with van der Waals surface area (Å²) >= 11 is 5.43. The van der Waals surface area contributed by atoms with E-state index in [9.17, 15) is 9.59 Å². The number of hydrogen-bond acceptors (Lipinski definition) is 3. The van der Waals surface area contributed by atoms with E-state index in [1.165, 1.54) is 18.4 Å². The van der Waals surface area contributed by atoms with Crippen molar-refractivity contribution >= 4 is 29.0 Å². The summed E-state index contributed by atoms with van der Waals surface area (Å²) in [6.45, 7) is 1.13. The van der Waals surface area contributed by atoms with Gasteiger partial charge in [0.25, 0.3) is 11.5 Å². The van der Waals surface area contributed by atoms with Crippen molar-refractivity contribution in [1.82, 2.24) is 14.9 Å². The second-order valence-electron chi connectivity index (χ2n) is 8.00. The zero-order chi connectivity index (χ0) is 21.6. The number of benzene rings is 2. The van der Waals surface area contributed by atoms with Crippen LogP contribution in [0.15, 0.2) is 65.0 Å². The number of H-pyrrole nitrogens is 1. The maximum atomic E-state index is 13.0. The number of amides is 1. The molecule has 0 saturated carbocycles. The van der Waals surface area contributed by atoms with Gasteiger partial charge in [0.05, 0.1) is 10.9 Å². The van der Waals surface area contributed by atoms with Crippen LogP contribution in [0.3, 0.4) is 0 Å². The molecule has 160 valence electrons. The molecule has 3 aromatic rings. The number of allylic oxidation sites excluding steroid dienone is 1. The Morgan fingerprint density at radius 2 is 1.94 bits per heavy atom. The minimum absolute atomic E-state index is 0.133. The highest BCUT2D eigenvalue weighted by Gasteiger charge is 2.11. The number of carbonyl (C=O) groups excluding carboxylic acids is 1. The number of aromatic nitrogens is 2. The van der Waals surface area contributed by atoms with Gasteiger partial charge >= 0.3 is 0 Å². The van der Waals surface area contributed by atoms with Gasteiger partial charge < -0.3 is 10.3 Å². The Morgan fingerprint density at radius 3 is 2.71 bits per heavy atom. The maximum Gasteiger partial charge on any atom is 0.262 e. The van der Waals surface area contributed by atoms with E-state index in [-0.39, 0.29) is 11.5 Å². The molecule has 2 N–H and O–H groups in total. The van der Waals surface area contributed by atoms with E-state index in [0.717, 1.165) is 31.2 Å². The average molecular weight is 434 g/mol. The van der Waals surface area contributed by atoms with Crippen LogP contribution in [0, 0.1) is 4.77 Å². The number of hydrogen-bond donors (Lipinski definition) is 2. The molecule has 1 aliphatic carbocycles. The zero-order valence-corrected chi connectivity index (χ0v) is 18.3. The fourth-order valence-electron chi connectivity index (χ4n) is 4.05. The number of rotatable bonds is 7. The van der Waals surface area contributed by atoms with Gasteiger partial charge in [0.1, 0.15) is 0 Å². The molecular weight excluding hydrogens is 406 g/mol. The minimum atomic E-state index is -0.133. The lowest BCUT2D eigenvalue weighted by Gasteiger charge is -2.13. The summed E-state index contributed by atoms with van der Waals surface area (Å²) in [4.78, 5) is 28.7. The number of aromatic amines is 1. The Hall–Kier alpha value is -2.99. The first-order chi connectivity index (χ1) is 15.1. The Morgan fingerprint density at radius 1 is 1.10 bits per heavy atom. The third kappa shape index (κ3) is 5.20. The van der Waals surface area contributed by atoms with Crippen LogP contribution in [0.25, 0.3) is 10.9 Å². The van der Waals surface area contributed by atoms with Crippen LogP contribution in [-0.4, -0.2) is 22.0 Å². The molecule has 1 amide bonds. The Bertz CT molecular complexity index is 1220. The molecule has 0 unspecified atom stereocenters. The molecular formula is C25H27N3O2S. The van der Waals surface area contributed by atoms with E-state index in [4.69, 9.17) is 12.2 Å². The summed E-state index contributed by atoms with van der Waals surface area (Å²) in [5.41, 5.74) is 3.57. The molecule has 0 aliphatic heterocycles. The van der Waals surface area contributed by atoms with Gasteiger partial charge in [-0.15, -0.1) is 0 Å². The van der Waals surface area contributed by atoms with Crippen LogP contribution in [0.5, 0.6) is 0 Å². The van der Waals surface area contributed by atoms with Gasteiger partial charge in [-0.1, -0.05) is 42.0 Å². The van der Waals surface area contributed by atoms with Gasteiger partial charge in [-0.25, -0.2) is 0 Å². The van der Waals surface area contributed by atoms with Crippen LogP contribution in [0.4, 0.5) is 0 Å². The monoisotopic (exact) mass is 433 g/mol. The number of nitrogens with zero attached hydrogens (tertiary/aromatic N) is 1. The Labute approximate surface area is 186 Å². The smallest absolute Gasteiger partial charge is 0.262 e. The SMILES string of the molecule is O=C(NCCC1=CCCCC1)c1ccc2c(=O)n(CCc3ccccc3)c(=S)[nH]c2c1. The lowest BCUT2D eigenvalue weighted by molar-refractivity contribution is 0.0954. The summed E-state index contributed by atoms with van der Waals surface area (Å²) in [5.74, 6) is -0.133. The lowest BCUT2D eigenvalue weighted by Crippen LogP contribution is -2.26. The van der Waals surface area contributed by atoms with Gasteiger partial charge in [-0.05, 0) is 74.5 Å². The number of fused-ring (bicyclic) bond motifs is 1. The van der Waals surface area contributed by atoms with E-state index >= 15 is 0 Å². The van der Waals surface area contributed by atoms with Crippen LogP contribution in [0.1, 0.15) is 48.0 Å². The second kappa shape index (κ2) is 9.88. The Kier molecular flexibility index (Phi) is 6.77. The number of aryl methyl sites for hydroxylation is 1. The molecule has 5 nitrogen and oxygen atoms in total. The first-order valence-corrected chi connectivity index (χ1v) is 11.3. The van der Waals surface area contributed by atoms with Gasteiger partial charge in [0.2, 0.25) is 0 Å². The highest BCUT2D eigenvalue weighted by Crippen LogP contribution is 2.19. The fraction of sp³-hybridized carbons (Fsp3) is 0.320. The van der Waals surface area contributed by atoms with Crippen molar-refractivity contribution in [3.8, 4) is 0 Å². The number of carbonyl (C=O) groups is 1. The molecule has 2 aromatic carbocycles. The lowest BCUT2D eigenvalue weighted by atomic mass is 9.97. The van der Waals surface area contributed by atoms with E-state index in [1.807, 2.05) is 30.3 Å². The van der Waals surface area contributed by atoms with Crippen LogP contribution >= 0.6 is 12.2 Å². The van der Waals surface area contributed by atoms with Gasteiger partial charge in [-0.2, -0.15) is 0 Å². The normalized spacial score (nSPS) is 13.7. The van der Waals surface area contributed by atoms with Crippen LogP contribution < -0.4 is 10.9 Å². The van der Waals surface area contributed by atoms with E-state index in [2.05, 4.69) is 16.4 Å². The molecule has 1 aliphatic rings. The molecule has 0 fully saturated rings. The molecule has 31 heavy (non-hydrogen) atoms. The topological polar surface area (TPSA) is 66.9 Å². The average Bonchev–Trinajstić information content (AvgIpc) is 2.80. The summed E-state index contributed by atoms with van der Waals surface area (Å²) in [6, 6.07) is 15.1. The molecule has 6 heteroatoms. The zero-order valence-electron chi connectivity index (χ0n) is 17.5. The third-order valence-electron chi connectivity index (χ3n) is 5.83. The van der Waals surface area contributed by atoms with Crippen molar-refractivity contribution in [1.29, 1.82) is 0 Å². The standard InChI is InChI=1S/C25H27N3O2S/c29-23(26-15-13-18-7-3-1-4-8-18)20-11-12-21-22(17-20)27-25(31)28(24(21)30)16-14-19-9-5-2-6-10-19/h2,5-7,9-12,17H,1,3-4,8,13-16H2,(H,26,29)(H,27,31). The van der Waals surface area contributed by atoms with Gasteiger partial charge in [0, 0.05) is 18.7 Å². The van der Waals surface area contributed by atoms with Crippen molar-refractivity contribution in [3.05, 3.63) is 86.4 Å². The first-order valence-electron chi connectivity index (χ1n) is 10.9. The molecule has 1 heterocycles. The fourth-order valence-corrected chi connectivity index (χ4v) is 4.34. The largest absolute Gasteiger partial charge is 0.352 e. The van der Waals surface area contributed by atoms with E-state index in [1.54, 1.807) is 22.8 Å². The molecule has 0 spiro atoms. The summed E-state index contributed by atoms with van der Waals surface area (Å²) < 4.78 is 1.96. The minimum Gasteiger partial charge on any atom is -0.352 e.